The Bertz CT molecular complexity index is 514. The Morgan fingerprint density at radius 3 is 2.11 bits per heavy atom. The summed E-state index contributed by atoms with van der Waals surface area (Å²) < 4.78 is 5.47. The van der Waals surface area contributed by atoms with Crippen molar-refractivity contribution in [2.75, 3.05) is 45.9 Å². The molecule has 4 aliphatic carbocycles. The Hall–Kier alpha value is -0.610. The van der Waals surface area contributed by atoms with E-state index in [1.54, 1.807) is 0 Å². The van der Waals surface area contributed by atoms with Crippen molar-refractivity contribution in [3.05, 3.63) is 0 Å². The van der Waals surface area contributed by atoms with Crippen LogP contribution in [0.1, 0.15) is 70.6 Å². The number of hydrogen-bond donors (Lipinski definition) is 0. The van der Waals surface area contributed by atoms with E-state index in [1.807, 2.05) is 0 Å². The zero-order valence-electron chi connectivity index (χ0n) is 17.7. The van der Waals surface area contributed by atoms with E-state index in [1.165, 1.54) is 70.8 Å². The zero-order valence-corrected chi connectivity index (χ0v) is 17.7. The van der Waals surface area contributed by atoms with E-state index in [2.05, 4.69) is 9.80 Å². The summed E-state index contributed by atoms with van der Waals surface area (Å²) in [6, 6.07) is 0. The molecule has 4 saturated carbocycles. The van der Waals surface area contributed by atoms with Gasteiger partial charge in [0.2, 0.25) is 5.91 Å². The van der Waals surface area contributed by atoms with Gasteiger partial charge >= 0.3 is 0 Å². The summed E-state index contributed by atoms with van der Waals surface area (Å²) in [6.07, 6.45) is 14.5. The van der Waals surface area contributed by atoms with Crippen LogP contribution in [-0.4, -0.2) is 61.6 Å². The number of rotatable bonds is 6. The van der Waals surface area contributed by atoms with Crippen LogP contribution in [0.15, 0.2) is 0 Å². The van der Waals surface area contributed by atoms with E-state index in [0.717, 1.165) is 69.5 Å². The molecular formula is C24H40N2O2. The molecule has 0 aromatic heterocycles. The number of carbonyl (C=O) groups excluding carboxylic acids is 1. The number of carbonyl (C=O) groups is 1. The lowest BCUT2D eigenvalue weighted by Gasteiger charge is -2.57. The Kier molecular flexibility index (Phi) is 5.71. The molecule has 0 spiro atoms. The van der Waals surface area contributed by atoms with Gasteiger partial charge in [-0.25, -0.2) is 0 Å². The SMILES string of the molecule is O=C(CC12CC3CC(CC(C3)C1)C2)N1CCN(CCCC2CCOCC2)CC1. The van der Waals surface area contributed by atoms with Gasteiger partial charge in [-0.1, -0.05) is 0 Å². The van der Waals surface area contributed by atoms with Crippen molar-refractivity contribution in [1.29, 1.82) is 0 Å². The van der Waals surface area contributed by atoms with Crippen LogP contribution in [0.2, 0.25) is 0 Å². The highest BCUT2D eigenvalue weighted by Gasteiger charge is 2.51. The third-order valence-electron chi connectivity index (χ3n) is 8.84. The Morgan fingerprint density at radius 2 is 1.50 bits per heavy atom. The molecule has 2 heterocycles. The molecule has 6 rings (SSSR count). The van der Waals surface area contributed by atoms with Crippen LogP contribution in [0.25, 0.3) is 0 Å². The average molecular weight is 389 g/mol. The molecule has 4 bridgehead atoms. The molecule has 0 aromatic carbocycles. The number of ether oxygens (including phenoxy) is 1. The molecule has 0 radical (unpaired) electrons. The molecule has 0 atom stereocenters. The monoisotopic (exact) mass is 388 g/mol. The molecule has 2 saturated heterocycles. The van der Waals surface area contributed by atoms with Gasteiger partial charge in [-0.15, -0.1) is 0 Å². The Morgan fingerprint density at radius 1 is 0.893 bits per heavy atom. The fourth-order valence-electron chi connectivity index (χ4n) is 7.80. The molecular weight excluding hydrogens is 348 g/mol. The Labute approximate surface area is 171 Å². The van der Waals surface area contributed by atoms with E-state index >= 15 is 0 Å². The number of piperazine rings is 1. The second-order valence-corrected chi connectivity index (χ2v) is 11.0. The second-order valence-electron chi connectivity index (χ2n) is 11.0. The van der Waals surface area contributed by atoms with E-state index in [-0.39, 0.29) is 0 Å². The van der Waals surface area contributed by atoms with E-state index < -0.39 is 0 Å². The summed E-state index contributed by atoms with van der Waals surface area (Å²) >= 11 is 0. The van der Waals surface area contributed by atoms with E-state index in [4.69, 9.17) is 4.74 Å². The lowest BCUT2D eigenvalue weighted by atomic mass is 9.49. The van der Waals surface area contributed by atoms with Crippen molar-refractivity contribution in [1.82, 2.24) is 9.80 Å². The smallest absolute Gasteiger partial charge is 0.223 e. The minimum atomic E-state index is 0.396. The number of nitrogens with zero attached hydrogens (tertiary/aromatic N) is 2. The summed E-state index contributed by atoms with van der Waals surface area (Å²) in [7, 11) is 0. The highest BCUT2D eigenvalue weighted by atomic mass is 16.5. The molecule has 6 fully saturated rings. The highest BCUT2D eigenvalue weighted by Crippen LogP contribution is 2.61. The van der Waals surface area contributed by atoms with Gasteiger partial charge in [0.05, 0.1) is 0 Å². The first-order valence-electron chi connectivity index (χ1n) is 12.3. The maximum atomic E-state index is 13.1. The van der Waals surface area contributed by atoms with Gasteiger partial charge in [-0.3, -0.25) is 9.69 Å². The molecule has 2 aliphatic heterocycles. The predicted molar refractivity (Wildman–Crippen MR) is 111 cm³/mol. The van der Waals surface area contributed by atoms with Crippen molar-refractivity contribution in [2.45, 2.75) is 70.6 Å². The van der Waals surface area contributed by atoms with Crippen molar-refractivity contribution in [3.8, 4) is 0 Å². The maximum absolute atomic E-state index is 13.1. The number of hydrogen-bond acceptors (Lipinski definition) is 3. The highest BCUT2D eigenvalue weighted by molar-refractivity contribution is 5.77. The van der Waals surface area contributed by atoms with Gasteiger partial charge in [-0.2, -0.15) is 0 Å². The minimum absolute atomic E-state index is 0.396. The van der Waals surface area contributed by atoms with Crippen LogP contribution in [0.4, 0.5) is 0 Å². The molecule has 0 N–H and O–H groups in total. The van der Waals surface area contributed by atoms with Crippen molar-refractivity contribution >= 4 is 5.91 Å². The third-order valence-corrected chi connectivity index (χ3v) is 8.84. The van der Waals surface area contributed by atoms with Crippen LogP contribution in [0.3, 0.4) is 0 Å². The first-order chi connectivity index (χ1) is 13.7. The van der Waals surface area contributed by atoms with Crippen LogP contribution in [0.5, 0.6) is 0 Å². The summed E-state index contributed by atoms with van der Waals surface area (Å²) in [4.78, 5) is 17.9. The van der Waals surface area contributed by atoms with Crippen LogP contribution < -0.4 is 0 Å². The summed E-state index contributed by atoms with van der Waals surface area (Å²) in [5, 5.41) is 0. The normalized spacial score (nSPS) is 38.9. The molecule has 4 heteroatoms. The molecule has 0 aromatic rings. The van der Waals surface area contributed by atoms with E-state index in [0.29, 0.717) is 11.3 Å². The van der Waals surface area contributed by atoms with Crippen molar-refractivity contribution in [3.63, 3.8) is 0 Å². The largest absolute Gasteiger partial charge is 0.381 e. The molecule has 0 unspecified atom stereocenters. The van der Waals surface area contributed by atoms with Crippen molar-refractivity contribution < 1.29 is 9.53 Å². The molecule has 158 valence electrons. The van der Waals surface area contributed by atoms with Crippen LogP contribution in [-0.2, 0) is 9.53 Å². The standard InChI is InChI=1S/C24H40N2O2/c27-23(18-24-15-20-12-21(16-24)14-22(13-20)17-24)26-8-6-25(7-9-26)5-1-2-19-3-10-28-11-4-19/h19-22H,1-18H2. The Balaban J connectivity index is 1.04. The molecule has 28 heavy (non-hydrogen) atoms. The average Bonchev–Trinajstić information content (AvgIpc) is 2.68. The van der Waals surface area contributed by atoms with E-state index in [9.17, 15) is 4.79 Å². The van der Waals surface area contributed by atoms with Crippen LogP contribution in [0, 0.1) is 29.1 Å². The van der Waals surface area contributed by atoms with Gasteiger partial charge < -0.3 is 9.64 Å². The molecule has 6 aliphatic rings. The molecule has 1 amide bonds. The lowest BCUT2D eigenvalue weighted by molar-refractivity contribution is -0.141. The molecule has 4 nitrogen and oxygen atoms in total. The van der Waals surface area contributed by atoms with Gasteiger partial charge in [-0.05, 0) is 99.8 Å². The quantitative estimate of drug-likeness (QED) is 0.691. The predicted octanol–water partition coefficient (Wildman–Crippen LogP) is 3.94. The fraction of sp³-hybridized carbons (Fsp3) is 0.958. The second kappa shape index (κ2) is 8.26. The van der Waals surface area contributed by atoms with Crippen LogP contribution >= 0.6 is 0 Å². The third kappa shape index (κ3) is 4.28. The lowest BCUT2D eigenvalue weighted by Crippen LogP contribution is -2.52. The van der Waals surface area contributed by atoms with Gasteiger partial charge in [0.1, 0.15) is 0 Å². The first kappa shape index (κ1) is 19.4. The number of amides is 1. The van der Waals surface area contributed by atoms with Crippen molar-refractivity contribution in [2.24, 2.45) is 29.1 Å². The van der Waals surface area contributed by atoms with Gasteiger partial charge in [0.25, 0.3) is 0 Å². The fourth-order valence-corrected chi connectivity index (χ4v) is 7.80. The topological polar surface area (TPSA) is 32.8 Å². The van der Waals surface area contributed by atoms with Gasteiger partial charge in [0, 0.05) is 45.8 Å². The van der Waals surface area contributed by atoms with Gasteiger partial charge in [0.15, 0.2) is 0 Å². The summed E-state index contributed by atoms with van der Waals surface area (Å²) in [5.74, 6) is 4.21. The summed E-state index contributed by atoms with van der Waals surface area (Å²) in [5.41, 5.74) is 0.396. The zero-order chi connectivity index (χ0) is 19.0. The maximum Gasteiger partial charge on any atom is 0.223 e. The summed E-state index contributed by atoms with van der Waals surface area (Å²) in [6.45, 7) is 7.24. The first-order valence-corrected chi connectivity index (χ1v) is 12.3. The minimum Gasteiger partial charge on any atom is -0.381 e.